The van der Waals surface area contributed by atoms with E-state index in [1.54, 1.807) is 29.2 Å². The van der Waals surface area contributed by atoms with Gasteiger partial charge in [0.25, 0.3) is 5.91 Å². The topological polar surface area (TPSA) is 53.0 Å². The molecule has 0 aromatic heterocycles. The molecule has 0 radical (unpaired) electrons. The third-order valence-corrected chi connectivity index (χ3v) is 3.86. The van der Waals surface area contributed by atoms with Gasteiger partial charge in [0.05, 0.1) is 0 Å². The maximum atomic E-state index is 12.4. The molecule has 24 heavy (non-hydrogen) atoms. The second-order valence-corrected chi connectivity index (χ2v) is 5.69. The van der Waals surface area contributed by atoms with Crippen LogP contribution in [0, 0.1) is 0 Å². The highest BCUT2D eigenvalue weighted by Gasteiger charge is 2.39. The number of alkyl halides is 3. The number of para-hydroxylation sites is 1. The fourth-order valence-corrected chi connectivity index (χ4v) is 2.50. The summed E-state index contributed by atoms with van der Waals surface area (Å²) < 4.78 is 42.6. The lowest BCUT2D eigenvalue weighted by Crippen LogP contribution is -2.43. The number of β-amino-alcohol motifs (C(OH)–C–C–N with tert-alkyl or cyclic N) is 1. The summed E-state index contributed by atoms with van der Waals surface area (Å²) in [5.74, 6) is 0.396. The maximum Gasteiger partial charge on any atom is 0.415 e. The SMILES string of the molecule is O=C(COc1ccccc1)N1CCCN(C[C@@H](O)C(F)(F)F)CC1. The lowest BCUT2D eigenvalue weighted by atomic mass is 10.3. The lowest BCUT2D eigenvalue weighted by molar-refractivity contribution is -0.208. The Kier molecular flexibility index (Phi) is 6.44. The van der Waals surface area contributed by atoms with Gasteiger partial charge < -0.3 is 14.7 Å². The number of aliphatic hydroxyl groups excluding tert-OH is 1. The summed E-state index contributed by atoms with van der Waals surface area (Å²) in [7, 11) is 0. The summed E-state index contributed by atoms with van der Waals surface area (Å²) >= 11 is 0. The molecule has 1 aromatic rings. The van der Waals surface area contributed by atoms with Crippen LogP contribution >= 0.6 is 0 Å². The monoisotopic (exact) mass is 346 g/mol. The first-order valence-electron chi connectivity index (χ1n) is 7.79. The Labute approximate surface area is 138 Å². The first kappa shape index (κ1) is 18.5. The van der Waals surface area contributed by atoms with Gasteiger partial charge in [-0.3, -0.25) is 9.69 Å². The van der Waals surface area contributed by atoms with E-state index in [0.29, 0.717) is 38.3 Å². The highest BCUT2D eigenvalue weighted by molar-refractivity contribution is 5.77. The quantitative estimate of drug-likeness (QED) is 0.878. The Morgan fingerprint density at radius 2 is 1.88 bits per heavy atom. The summed E-state index contributed by atoms with van der Waals surface area (Å²) in [6.45, 7) is 0.930. The van der Waals surface area contributed by atoms with Crippen molar-refractivity contribution in [2.45, 2.75) is 18.7 Å². The minimum Gasteiger partial charge on any atom is -0.484 e. The number of halogens is 3. The fraction of sp³-hybridized carbons (Fsp3) is 0.562. The van der Waals surface area contributed by atoms with Crippen LogP contribution in [0.2, 0.25) is 0 Å². The van der Waals surface area contributed by atoms with Crippen molar-refractivity contribution in [3.8, 4) is 5.75 Å². The average Bonchev–Trinajstić information content (AvgIpc) is 2.78. The van der Waals surface area contributed by atoms with Gasteiger partial charge in [0, 0.05) is 32.7 Å². The minimum absolute atomic E-state index is 0.102. The Morgan fingerprint density at radius 3 is 2.54 bits per heavy atom. The van der Waals surface area contributed by atoms with Crippen LogP contribution in [-0.4, -0.2) is 72.4 Å². The van der Waals surface area contributed by atoms with E-state index in [4.69, 9.17) is 9.84 Å². The van der Waals surface area contributed by atoms with Gasteiger partial charge in [-0.2, -0.15) is 13.2 Å². The molecular weight excluding hydrogens is 325 g/mol. The van der Waals surface area contributed by atoms with Gasteiger partial charge in [-0.25, -0.2) is 0 Å². The highest BCUT2D eigenvalue weighted by Crippen LogP contribution is 2.21. The highest BCUT2D eigenvalue weighted by atomic mass is 19.4. The van der Waals surface area contributed by atoms with Crippen molar-refractivity contribution in [2.75, 3.05) is 39.3 Å². The van der Waals surface area contributed by atoms with Crippen LogP contribution in [-0.2, 0) is 4.79 Å². The molecule has 1 heterocycles. The zero-order chi connectivity index (χ0) is 17.6. The number of ether oxygens (including phenoxy) is 1. The number of carbonyl (C=O) groups is 1. The van der Waals surface area contributed by atoms with Crippen LogP contribution in [0.15, 0.2) is 30.3 Å². The number of rotatable bonds is 5. The van der Waals surface area contributed by atoms with Gasteiger partial charge in [0.15, 0.2) is 12.7 Å². The van der Waals surface area contributed by atoms with Gasteiger partial charge in [0.2, 0.25) is 0 Å². The van der Waals surface area contributed by atoms with E-state index in [2.05, 4.69) is 0 Å². The number of amides is 1. The van der Waals surface area contributed by atoms with Crippen molar-refractivity contribution in [2.24, 2.45) is 0 Å². The van der Waals surface area contributed by atoms with Crippen molar-refractivity contribution in [3.63, 3.8) is 0 Å². The molecule has 8 heteroatoms. The molecule has 0 aliphatic carbocycles. The Bertz CT molecular complexity index is 525. The number of hydrogen-bond donors (Lipinski definition) is 1. The van der Waals surface area contributed by atoms with Gasteiger partial charge in [-0.05, 0) is 18.6 Å². The van der Waals surface area contributed by atoms with Crippen molar-refractivity contribution in [1.29, 1.82) is 0 Å². The average molecular weight is 346 g/mol. The number of carbonyl (C=O) groups excluding carboxylic acids is 1. The van der Waals surface area contributed by atoms with Crippen LogP contribution in [0.4, 0.5) is 13.2 Å². The summed E-state index contributed by atoms with van der Waals surface area (Å²) in [6.07, 6.45) is -6.42. The van der Waals surface area contributed by atoms with Crippen LogP contribution in [0.25, 0.3) is 0 Å². The molecule has 1 fully saturated rings. The molecule has 5 nitrogen and oxygen atoms in total. The third-order valence-electron chi connectivity index (χ3n) is 3.86. The minimum atomic E-state index is -4.62. The number of hydrogen-bond acceptors (Lipinski definition) is 4. The van der Waals surface area contributed by atoms with Gasteiger partial charge in [-0.1, -0.05) is 18.2 Å². The lowest BCUT2D eigenvalue weighted by Gasteiger charge is -2.25. The molecule has 1 aliphatic rings. The summed E-state index contributed by atoms with van der Waals surface area (Å²) in [5.41, 5.74) is 0. The van der Waals surface area contributed by atoms with Crippen molar-refractivity contribution in [1.82, 2.24) is 9.80 Å². The van der Waals surface area contributed by atoms with E-state index in [1.165, 1.54) is 4.90 Å². The van der Waals surface area contributed by atoms with Crippen molar-refractivity contribution in [3.05, 3.63) is 30.3 Å². The summed E-state index contributed by atoms with van der Waals surface area (Å²) in [5, 5.41) is 9.15. The molecule has 1 saturated heterocycles. The normalized spacial score (nSPS) is 18.1. The standard InChI is InChI=1S/C16H21F3N2O3/c17-16(18,19)14(22)11-20-7-4-8-21(10-9-20)15(23)12-24-13-5-2-1-3-6-13/h1-3,5-6,14,22H,4,7-12H2/t14-/m1/s1. The van der Waals surface area contributed by atoms with E-state index < -0.39 is 18.8 Å². The van der Waals surface area contributed by atoms with Gasteiger partial charge >= 0.3 is 6.18 Å². The Morgan fingerprint density at radius 1 is 1.17 bits per heavy atom. The number of aliphatic hydroxyl groups is 1. The van der Waals surface area contributed by atoms with Crippen LogP contribution in [0.3, 0.4) is 0 Å². The maximum absolute atomic E-state index is 12.4. The molecule has 0 bridgehead atoms. The molecular formula is C16H21F3N2O3. The summed E-state index contributed by atoms with van der Waals surface area (Å²) in [4.78, 5) is 15.3. The zero-order valence-electron chi connectivity index (χ0n) is 13.2. The zero-order valence-corrected chi connectivity index (χ0v) is 13.2. The molecule has 1 aromatic carbocycles. The molecule has 1 aliphatic heterocycles. The van der Waals surface area contributed by atoms with Crippen molar-refractivity contribution >= 4 is 5.91 Å². The number of nitrogens with zero attached hydrogens (tertiary/aromatic N) is 2. The van der Waals surface area contributed by atoms with Crippen LogP contribution in [0.5, 0.6) is 5.75 Å². The predicted octanol–water partition coefficient (Wildman–Crippen LogP) is 1.52. The van der Waals surface area contributed by atoms with E-state index in [1.807, 2.05) is 6.07 Å². The molecule has 0 saturated carbocycles. The Hall–Kier alpha value is -1.80. The van der Waals surface area contributed by atoms with Crippen LogP contribution in [0.1, 0.15) is 6.42 Å². The Balaban J connectivity index is 1.78. The van der Waals surface area contributed by atoms with Gasteiger partial charge in [0.1, 0.15) is 5.75 Å². The van der Waals surface area contributed by atoms with E-state index in [0.717, 1.165) is 0 Å². The molecule has 1 atom stereocenters. The first-order valence-corrected chi connectivity index (χ1v) is 7.79. The van der Waals surface area contributed by atoms with Crippen LogP contribution < -0.4 is 4.74 Å². The second-order valence-electron chi connectivity index (χ2n) is 5.69. The first-order chi connectivity index (χ1) is 11.4. The van der Waals surface area contributed by atoms with E-state index >= 15 is 0 Å². The molecule has 134 valence electrons. The largest absolute Gasteiger partial charge is 0.484 e. The van der Waals surface area contributed by atoms with E-state index in [9.17, 15) is 18.0 Å². The summed E-state index contributed by atoms with van der Waals surface area (Å²) in [6, 6.07) is 8.94. The van der Waals surface area contributed by atoms with E-state index in [-0.39, 0.29) is 12.5 Å². The molecule has 1 amide bonds. The smallest absolute Gasteiger partial charge is 0.415 e. The molecule has 0 spiro atoms. The van der Waals surface area contributed by atoms with Gasteiger partial charge in [-0.15, -0.1) is 0 Å². The molecule has 1 N–H and O–H groups in total. The number of benzene rings is 1. The molecule has 0 unspecified atom stereocenters. The fourth-order valence-electron chi connectivity index (χ4n) is 2.50. The van der Waals surface area contributed by atoms with Crippen molar-refractivity contribution < 1.29 is 27.8 Å². The third kappa shape index (κ3) is 5.68. The second kappa shape index (κ2) is 8.34. The molecule has 2 rings (SSSR count). The predicted molar refractivity (Wildman–Crippen MR) is 81.6 cm³/mol.